The third-order valence-corrected chi connectivity index (χ3v) is 5.47. The monoisotopic (exact) mass is 477 g/mol. The number of anilines is 1. The van der Waals surface area contributed by atoms with Crippen molar-refractivity contribution in [2.45, 2.75) is 4.90 Å². The zero-order valence-corrected chi connectivity index (χ0v) is 16.8. The maximum atomic E-state index is 11.9. The molecule has 0 aliphatic rings. The Hall–Kier alpha value is -2.35. The molecule has 1 aromatic carbocycles. The molecule has 0 saturated carbocycles. The van der Waals surface area contributed by atoms with Crippen LogP contribution in [0.25, 0.3) is 0 Å². The van der Waals surface area contributed by atoms with Gasteiger partial charge in [0.2, 0.25) is 10.0 Å². The third kappa shape index (κ3) is 5.56. The summed E-state index contributed by atoms with van der Waals surface area (Å²) in [7, 11) is -2.79. The molecule has 0 unspecified atom stereocenters. The molecule has 1 aromatic heterocycles. The highest BCUT2D eigenvalue weighted by Crippen LogP contribution is 2.28. The molecule has 0 atom stereocenters. The lowest BCUT2D eigenvalue weighted by Gasteiger charge is -2.06. The number of thiazole rings is 1. The first-order valence-corrected chi connectivity index (χ1v) is 10.1. The molecule has 3 N–H and O–H groups in total. The molecular formula is C14H12BrN3O7S2. The minimum atomic E-state index is -3.98. The van der Waals surface area contributed by atoms with E-state index < -0.39 is 34.5 Å². The Morgan fingerprint density at radius 2 is 2.00 bits per heavy atom. The fourth-order valence-electron chi connectivity index (χ4n) is 1.75. The molecule has 0 aliphatic carbocycles. The number of carbonyl (C=O) groups excluding carboxylic acids is 3. The number of halogens is 1. The van der Waals surface area contributed by atoms with E-state index in [1.54, 1.807) is 0 Å². The lowest BCUT2D eigenvalue weighted by Crippen LogP contribution is -2.21. The van der Waals surface area contributed by atoms with Gasteiger partial charge in [0.05, 0.1) is 17.6 Å². The number of amides is 1. The zero-order valence-electron chi connectivity index (χ0n) is 13.6. The van der Waals surface area contributed by atoms with E-state index in [9.17, 15) is 22.8 Å². The number of rotatable bonds is 6. The fourth-order valence-corrected chi connectivity index (χ4v) is 3.71. The molecule has 144 valence electrons. The molecule has 27 heavy (non-hydrogen) atoms. The van der Waals surface area contributed by atoms with E-state index in [2.05, 4.69) is 31.0 Å². The predicted octanol–water partition coefficient (Wildman–Crippen LogP) is 1.14. The van der Waals surface area contributed by atoms with Gasteiger partial charge in [0.15, 0.2) is 17.4 Å². The minimum Gasteiger partial charge on any atom is -0.464 e. The van der Waals surface area contributed by atoms with Gasteiger partial charge in [-0.25, -0.2) is 28.1 Å². The molecule has 2 rings (SSSR count). The number of hydrogen-bond acceptors (Lipinski definition) is 9. The van der Waals surface area contributed by atoms with Gasteiger partial charge in [-0.1, -0.05) is 17.4 Å². The van der Waals surface area contributed by atoms with Gasteiger partial charge in [0, 0.05) is 0 Å². The van der Waals surface area contributed by atoms with Crippen LogP contribution in [0, 0.1) is 0 Å². The number of primary sulfonamides is 1. The highest BCUT2D eigenvalue weighted by Gasteiger charge is 2.19. The zero-order chi connectivity index (χ0) is 20.2. The second kappa shape index (κ2) is 8.56. The Balaban J connectivity index is 1.98. The molecule has 1 heterocycles. The second-order valence-corrected chi connectivity index (χ2v) is 8.71. The summed E-state index contributed by atoms with van der Waals surface area (Å²) in [5.74, 6) is -2.30. The lowest BCUT2D eigenvalue weighted by molar-refractivity contribution is -0.119. The number of hydrogen-bond donors (Lipinski definition) is 2. The maximum absolute atomic E-state index is 11.9. The molecule has 1 amide bonds. The Labute approximate surface area is 165 Å². The summed E-state index contributed by atoms with van der Waals surface area (Å²) in [4.78, 5) is 38.9. The van der Waals surface area contributed by atoms with E-state index in [4.69, 9.17) is 9.88 Å². The van der Waals surface area contributed by atoms with Crippen molar-refractivity contribution in [3.63, 3.8) is 0 Å². The number of aromatic nitrogens is 1. The molecule has 10 nitrogen and oxygen atoms in total. The molecule has 0 radical (unpaired) electrons. The van der Waals surface area contributed by atoms with Gasteiger partial charge in [0.1, 0.15) is 3.79 Å². The highest BCUT2D eigenvalue weighted by molar-refractivity contribution is 9.11. The summed E-state index contributed by atoms with van der Waals surface area (Å²) < 4.78 is 32.3. The summed E-state index contributed by atoms with van der Waals surface area (Å²) in [5, 5.41) is 7.45. The third-order valence-electron chi connectivity index (χ3n) is 2.94. The fraction of sp³-hybridized carbons (Fsp3) is 0.143. The van der Waals surface area contributed by atoms with Gasteiger partial charge < -0.3 is 9.47 Å². The number of esters is 2. The SMILES string of the molecule is COC(=O)c1nc(NC(=O)COC(=O)c2cccc(S(N)(=O)=O)c2)sc1Br. The maximum Gasteiger partial charge on any atom is 0.358 e. The van der Waals surface area contributed by atoms with Crippen LogP contribution in [-0.4, -0.2) is 45.0 Å². The number of ether oxygens (including phenoxy) is 2. The van der Waals surface area contributed by atoms with E-state index >= 15 is 0 Å². The smallest absolute Gasteiger partial charge is 0.358 e. The van der Waals surface area contributed by atoms with Gasteiger partial charge >= 0.3 is 11.9 Å². The van der Waals surface area contributed by atoms with Gasteiger partial charge in [-0.05, 0) is 34.1 Å². The Morgan fingerprint density at radius 1 is 1.30 bits per heavy atom. The van der Waals surface area contributed by atoms with E-state index in [-0.39, 0.29) is 21.3 Å². The van der Waals surface area contributed by atoms with Gasteiger partial charge in [-0.2, -0.15) is 0 Å². The van der Waals surface area contributed by atoms with Gasteiger partial charge in [-0.15, -0.1) is 0 Å². The van der Waals surface area contributed by atoms with E-state index in [0.717, 1.165) is 17.4 Å². The average molecular weight is 478 g/mol. The molecule has 2 aromatic rings. The van der Waals surface area contributed by atoms with Crippen molar-refractivity contribution in [2.75, 3.05) is 19.0 Å². The highest BCUT2D eigenvalue weighted by atomic mass is 79.9. The van der Waals surface area contributed by atoms with Crippen molar-refractivity contribution < 1.29 is 32.3 Å². The summed E-state index contributed by atoms with van der Waals surface area (Å²) in [6.45, 7) is -0.650. The van der Waals surface area contributed by atoms with E-state index in [1.807, 2.05) is 0 Å². The molecule has 0 spiro atoms. The molecule has 0 bridgehead atoms. The molecule has 0 aliphatic heterocycles. The number of sulfonamides is 1. The Morgan fingerprint density at radius 3 is 2.63 bits per heavy atom. The van der Waals surface area contributed by atoms with Crippen molar-refractivity contribution in [3.8, 4) is 0 Å². The van der Waals surface area contributed by atoms with Crippen LogP contribution in [0.15, 0.2) is 32.9 Å². The number of nitrogens with two attached hydrogens (primary N) is 1. The second-order valence-electron chi connectivity index (χ2n) is 4.83. The lowest BCUT2D eigenvalue weighted by atomic mass is 10.2. The first kappa shape index (κ1) is 21.0. The number of nitrogens with zero attached hydrogens (tertiary/aromatic N) is 1. The number of nitrogens with one attached hydrogen (secondary N) is 1. The number of methoxy groups -OCH3 is 1. The number of benzene rings is 1. The largest absolute Gasteiger partial charge is 0.464 e. The topological polar surface area (TPSA) is 155 Å². The molecule has 0 fully saturated rings. The molecule has 13 heteroatoms. The van der Waals surface area contributed by atoms with Crippen LogP contribution in [0.1, 0.15) is 20.8 Å². The van der Waals surface area contributed by atoms with Crippen LogP contribution in [0.2, 0.25) is 0 Å². The van der Waals surface area contributed by atoms with Crippen LogP contribution in [0.3, 0.4) is 0 Å². The van der Waals surface area contributed by atoms with Crippen molar-refractivity contribution >= 4 is 60.3 Å². The first-order valence-electron chi connectivity index (χ1n) is 6.96. The minimum absolute atomic E-state index is 0.00500. The number of carbonyl (C=O) groups is 3. The van der Waals surface area contributed by atoms with Crippen LogP contribution in [-0.2, 0) is 24.3 Å². The van der Waals surface area contributed by atoms with E-state index in [1.165, 1.54) is 25.3 Å². The summed E-state index contributed by atoms with van der Waals surface area (Å²) in [6.07, 6.45) is 0. The molecular weight excluding hydrogens is 466 g/mol. The van der Waals surface area contributed by atoms with Crippen molar-refractivity contribution in [2.24, 2.45) is 5.14 Å². The average Bonchev–Trinajstić information content (AvgIpc) is 2.98. The van der Waals surface area contributed by atoms with Crippen LogP contribution in [0.4, 0.5) is 5.13 Å². The van der Waals surface area contributed by atoms with E-state index in [0.29, 0.717) is 3.79 Å². The van der Waals surface area contributed by atoms with Crippen molar-refractivity contribution in [1.29, 1.82) is 0 Å². The standard InChI is InChI=1S/C14H12BrN3O7S2/c1-24-13(21)10-11(15)26-14(18-10)17-9(19)6-25-12(20)7-3-2-4-8(5-7)27(16,22)23/h2-5H,6H2,1H3,(H2,16,22,23)(H,17,18,19). The Bertz CT molecular complexity index is 1000. The quantitative estimate of drug-likeness (QED) is 0.586. The predicted molar refractivity (Wildman–Crippen MR) is 97.9 cm³/mol. The van der Waals surface area contributed by atoms with Crippen LogP contribution in [0.5, 0.6) is 0 Å². The first-order chi connectivity index (χ1) is 12.6. The van der Waals surface area contributed by atoms with Crippen molar-refractivity contribution in [3.05, 3.63) is 39.3 Å². The summed E-state index contributed by atoms with van der Waals surface area (Å²) >= 11 is 4.10. The van der Waals surface area contributed by atoms with Gasteiger partial charge in [-0.3, -0.25) is 10.1 Å². The van der Waals surface area contributed by atoms with Gasteiger partial charge in [0.25, 0.3) is 5.91 Å². The Kier molecular flexibility index (Phi) is 6.64. The summed E-state index contributed by atoms with van der Waals surface area (Å²) in [6, 6.07) is 4.89. The van der Waals surface area contributed by atoms with Crippen LogP contribution < -0.4 is 10.5 Å². The normalized spacial score (nSPS) is 10.9. The van der Waals surface area contributed by atoms with Crippen LogP contribution >= 0.6 is 27.3 Å². The summed E-state index contributed by atoms with van der Waals surface area (Å²) in [5.41, 5.74) is -0.0890. The van der Waals surface area contributed by atoms with Crippen molar-refractivity contribution in [1.82, 2.24) is 4.98 Å². The molecule has 0 saturated heterocycles.